The first-order chi connectivity index (χ1) is 6.22. The summed E-state index contributed by atoms with van der Waals surface area (Å²) in [4.78, 5) is 0. The first-order valence-corrected chi connectivity index (χ1v) is 5.14. The quantitative estimate of drug-likeness (QED) is 0.560. The highest BCUT2D eigenvalue weighted by molar-refractivity contribution is 4.66. The number of aliphatic hydroxyl groups excluding tert-OH is 1. The number of hydrogen-bond acceptors (Lipinski definition) is 3. The highest BCUT2D eigenvalue weighted by Crippen LogP contribution is 2.05. The SMILES string of the molecule is CC[C@@H](C)[C@@H](C)NCCOCCO. The van der Waals surface area contributed by atoms with Crippen LogP contribution < -0.4 is 5.32 Å². The van der Waals surface area contributed by atoms with Crippen molar-refractivity contribution >= 4 is 0 Å². The Labute approximate surface area is 81.5 Å². The summed E-state index contributed by atoms with van der Waals surface area (Å²) in [5.41, 5.74) is 0. The average molecular weight is 189 g/mol. The Morgan fingerprint density at radius 3 is 2.54 bits per heavy atom. The molecule has 0 saturated carbocycles. The van der Waals surface area contributed by atoms with Crippen LogP contribution in [0.5, 0.6) is 0 Å². The number of hydrogen-bond donors (Lipinski definition) is 2. The lowest BCUT2D eigenvalue weighted by atomic mass is 10.0. The molecular formula is C10H23NO2. The fraction of sp³-hybridized carbons (Fsp3) is 1.00. The molecule has 80 valence electrons. The van der Waals surface area contributed by atoms with Crippen LogP contribution in [0.3, 0.4) is 0 Å². The van der Waals surface area contributed by atoms with Crippen molar-refractivity contribution in [1.82, 2.24) is 5.32 Å². The minimum atomic E-state index is 0.112. The van der Waals surface area contributed by atoms with Gasteiger partial charge in [0.2, 0.25) is 0 Å². The molecule has 0 radical (unpaired) electrons. The van der Waals surface area contributed by atoms with Crippen molar-refractivity contribution < 1.29 is 9.84 Å². The fourth-order valence-corrected chi connectivity index (χ4v) is 1.08. The van der Waals surface area contributed by atoms with Crippen molar-refractivity contribution in [3.63, 3.8) is 0 Å². The Kier molecular flexibility index (Phi) is 8.40. The van der Waals surface area contributed by atoms with Gasteiger partial charge in [-0.25, -0.2) is 0 Å². The zero-order chi connectivity index (χ0) is 10.1. The van der Waals surface area contributed by atoms with E-state index < -0.39 is 0 Å². The summed E-state index contributed by atoms with van der Waals surface area (Å²) in [5.74, 6) is 0.706. The minimum Gasteiger partial charge on any atom is -0.394 e. The normalized spacial score (nSPS) is 15.7. The molecule has 0 heterocycles. The molecule has 3 nitrogen and oxygen atoms in total. The number of rotatable bonds is 8. The zero-order valence-corrected chi connectivity index (χ0v) is 9.05. The van der Waals surface area contributed by atoms with Gasteiger partial charge in [0.25, 0.3) is 0 Å². The maximum atomic E-state index is 8.46. The van der Waals surface area contributed by atoms with Gasteiger partial charge in [-0.15, -0.1) is 0 Å². The number of ether oxygens (including phenoxy) is 1. The number of aliphatic hydroxyl groups is 1. The van der Waals surface area contributed by atoms with Gasteiger partial charge in [0.15, 0.2) is 0 Å². The highest BCUT2D eigenvalue weighted by Gasteiger charge is 2.07. The Morgan fingerprint density at radius 1 is 1.31 bits per heavy atom. The molecule has 0 aliphatic heterocycles. The van der Waals surface area contributed by atoms with Gasteiger partial charge in [-0.2, -0.15) is 0 Å². The summed E-state index contributed by atoms with van der Waals surface area (Å²) in [7, 11) is 0. The Hall–Kier alpha value is -0.120. The van der Waals surface area contributed by atoms with E-state index in [0.29, 0.717) is 25.2 Å². The highest BCUT2D eigenvalue weighted by atomic mass is 16.5. The van der Waals surface area contributed by atoms with E-state index in [2.05, 4.69) is 26.1 Å². The van der Waals surface area contributed by atoms with Crippen LogP contribution in [0.4, 0.5) is 0 Å². The molecule has 0 aliphatic carbocycles. The summed E-state index contributed by atoms with van der Waals surface area (Å²) >= 11 is 0. The van der Waals surface area contributed by atoms with Crippen LogP contribution in [0, 0.1) is 5.92 Å². The van der Waals surface area contributed by atoms with Crippen LogP contribution in [-0.4, -0.2) is 37.5 Å². The monoisotopic (exact) mass is 189 g/mol. The van der Waals surface area contributed by atoms with Crippen LogP contribution in [0.1, 0.15) is 27.2 Å². The summed E-state index contributed by atoms with van der Waals surface area (Å²) in [6.07, 6.45) is 1.20. The summed E-state index contributed by atoms with van der Waals surface area (Å²) in [6.45, 7) is 8.74. The van der Waals surface area contributed by atoms with Crippen LogP contribution >= 0.6 is 0 Å². The molecule has 0 aliphatic rings. The molecule has 0 rings (SSSR count). The molecule has 0 unspecified atom stereocenters. The van der Waals surface area contributed by atoms with E-state index in [0.717, 1.165) is 6.54 Å². The zero-order valence-electron chi connectivity index (χ0n) is 9.05. The Morgan fingerprint density at radius 2 is 2.00 bits per heavy atom. The molecule has 0 aromatic carbocycles. The standard InChI is InChI=1S/C10H23NO2/c1-4-9(2)10(3)11-5-7-13-8-6-12/h9-12H,4-8H2,1-3H3/t9-,10-/m1/s1. The maximum Gasteiger partial charge on any atom is 0.0698 e. The van der Waals surface area contributed by atoms with Gasteiger partial charge < -0.3 is 15.2 Å². The van der Waals surface area contributed by atoms with E-state index >= 15 is 0 Å². The second-order valence-electron chi connectivity index (χ2n) is 3.46. The predicted octanol–water partition coefficient (Wildman–Crippen LogP) is 1.02. The van der Waals surface area contributed by atoms with E-state index in [1.54, 1.807) is 0 Å². The Bertz CT molecular complexity index is 109. The molecule has 13 heavy (non-hydrogen) atoms. The first-order valence-electron chi connectivity index (χ1n) is 5.14. The summed E-state index contributed by atoms with van der Waals surface area (Å²) < 4.78 is 5.13. The Balaban J connectivity index is 3.21. The molecule has 0 fully saturated rings. The van der Waals surface area contributed by atoms with Crippen molar-refractivity contribution in [2.75, 3.05) is 26.4 Å². The van der Waals surface area contributed by atoms with Crippen molar-refractivity contribution in [1.29, 1.82) is 0 Å². The van der Waals surface area contributed by atoms with Gasteiger partial charge in [0.1, 0.15) is 0 Å². The van der Waals surface area contributed by atoms with Crippen LogP contribution in [0.25, 0.3) is 0 Å². The maximum absolute atomic E-state index is 8.46. The van der Waals surface area contributed by atoms with Gasteiger partial charge in [0.05, 0.1) is 19.8 Å². The molecule has 0 bridgehead atoms. The van der Waals surface area contributed by atoms with Gasteiger partial charge in [-0.1, -0.05) is 20.3 Å². The lowest BCUT2D eigenvalue weighted by molar-refractivity contribution is 0.0918. The van der Waals surface area contributed by atoms with E-state index in [-0.39, 0.29) is 6.61 Å². The second kappa shape index (κ2) is 8.48. The lowest BCUT2D eigenvalue weighted by Crippen LogP contribution is -2.34. The lowest BCUT2D eigenvalue weighted by Gasteiger charge is -2.19. The molecular weight excluding hydrogens is 166 g/mol. The van der Waals surface area contributed by atoms with Gasteiger partial charge >= 0.3 is 0 Å². The predicted molar refractivity (Wildman–Crippen MR) is 54.8 cm³/mol. The smallest absolute Gasteiger partial charge is 0.0698 e. The number of nitrogens with one attached hydrogen (secondary N) is 1. The van der Waals surface area contributed by atoms with Crippen LogP contribution in [0.15, 0.2) is 0 Å². The van der Waals surface area contributed by atoms with Crippen LogP contribution in [0.2, 0.25) is 0 Å². The summed E-state index contributed by atoms with van der Waals surface area (Å²) in [6, 6.07) is 0.544. The third-order valence-corrected chi connectivity index (χ3v) is 2.45. The van der Waals surface area contributed by atoms with E-state index in [1.165, 1.54) is 6.42 Å². The molecule has 0 aromatic rings. The van der Waals surface area contributed by atoms with Crippen molar-refractivity contribution in [3.05, 3.63) is 0 Å². The van der Waals surface area contributed by atoms with Crippen LogP contribution in [-0.2, 0) is 4.74 Å². The van der Waals surface area contributed by atoms with Crippen molar-refractivity contribution in [2.24, 2.45) is 5.92 Å². The van der Waals surface area contributed by atoms with E-state index in [1.807, 2.05) is 0 Å². The molecule has 3 heteroatoms. The molecule has 2 N–H and O–H groups in total. The molecule has 0 saturated heterocycles. The molecule has 0 aromatic heterocycles. The third kappa shape index (κ3) is 6.99. The molecule has 0 amide bonds. The van der Waals surface area contributed by atoms with Gasteiger partial charge in [0, 0.05) is 12.6 Å². The molecule has 2 atom stereocenters. The minimum absolute atomic E-state index is 0.112. The van der Waals surface area contributed by atoms with E-state index in [9.17, 15) is 0 Å². The second-order valence-corrected chi connectivity index (χ2v) is 3.46. The van der Waals surface area contributed by atoms with Crippen molar-refractivity contribution in [2.45, 2.75) is 33.2 Å². The average Bonchev–Trinajstić information content (AvgIpc) is 2.16. The topological polar surface area (TPSA) is 41.5 Å². The van der Waals surface area contributed by atoms with E-state index in [4.69, 9.17) is 9.84 Å². The fourth-order valence-electron chi connectivity index (χ4n) is 1.08. The van der Waals surface area contributed by atoms with Gasteiger partial charge in [-0.3, -0.25) is 0 Å². The van der Waals surface area contributed by atoms with Crippen molar-refractivity contribution in [3.8, 4) is 0 Å². The third-order valence-electron chi connectivity index (χ3n) is 2.45. The molecule has 0 spiro atoms. The summed E-state index contributed by atoms with van der Waals surface area (Å²) in [5, 5.41) is 11.8. The first kappa shape index (κ1) is 12.9. The van der Waals surface area contributed by atoms with Gasteiger partial charge in [-0.05, 0) is 12.8 Å². The largest absolute Gasteiger partial charge is 0.394 e.